The van der Waals surface area contributed by atoms with Crippen molar-refractivity contribution in [2.75, 3.05) is 13.1 Å². The lowest BCUT2D eigenvalue weighted by Gasteiger charge is -2.16. The Morgan fingerprint density at radius 2 is 2.10 bits per heavy atom. The summed E-state index contributed by atoms with van der Waals surface area (Å²) >= 11 is 3.17. The minimum absolute atomic E-state index is 0.106. The summed E-state index contributed by atoms with van der Waals surface area (Å²) in [6, 6.07) is 4.71. The van der Waals surface area contributed by atoms with Gasteiger partial charge < -0.3 is 4.90 Å². The van der Waals surface area contributed by atoms with E-state index in [1.807, 2.05) is 0 Å². The summed E-state index contributed by atoms with van der Waals surface area (Å²) in [4.78, 5) is 13.6. The van der Waals surface area contributed by atoms with Crippen LogP contribution in [0.25, 0.3) is 0 Å². The molecule has 1 saturated carbocycles. The van der Waals surface area contributed by atoms with Crippen molar-refractivity contribution in [2.24, 2.45) is 5.41 Å². The topological polar surface area (TPSA) is 20.3 Å². The number of carbonyl (C=O) groups excluding carboxylic acids is 1. The van der Waals surface area contributed by atoms with E-state index in [4.69, 9.17) is 0 Å². The van der Waals surface area contributed by atoms with Crippen LogP contribution < -0.4 is 0 Å². The first-order chi connectivity index (χ1) is 9.83. The fraction of sp³-hybridized carbons (Fsp3) is 0.533. The van der Waals surface area contributed by atoms with Gasteiger partial charge in [0.15, 0.2) is 0 Å². The fourth-order valence-corrected chi connectivity index (χ4v) is 3.37. The summed E-state index contributed by atoms with van der Waals surface area (Å²) in [5.41, 5.74) is -0.497. The third-order valence-electron chi connectivity index (χ3n) is 4.54. The number of alkyl halides is 2. The van der Waals surface area contributed by atoms with Gasteiger partial charge in [-0.15, -0.1) is 0 Å². The van der Waals surface area contributed by atoms with Gasteiger partial charge in [-0.3, -0.25) is 4.79 Å². The first-order valence-corrected chi connectivity index (χ1v) is 7.72. The molecule has 1 aromatic rings. The van der Waals surface area contributed by atoms with Crippen LogP contribution in [-0.2, 0) is 11.2 Å². The molecule has 1 aliphatic heterocycles. The van der Waals surface area contributed by atoms with Crippen molar-refractivity contribution in [2.45, 2.75) is 31.6 Å². The number of amides is 1. The molecular weight excluding hydrogens is 347 g/mol. The van der Waals surface area contributed by atoms with Gasteiger partial charge in [0, 0.05) is 30.4 Å². The van der Waals surface area contributed by atoms with Crippen LogP contribution >= 0.6 is 15.9 Å². The van der Waals surface area contributed by atoms with Crippen molar-refractivity contribution in [3.05, 3.63) is 34.1 Å². The second-order valence-electron chi connectivity index (χ2n) is 5.96. The Morgan fingerprint density at radius 3 is 2.67 bits per heavy atom. The highest BCUT2D eigenvalue weighted by Crippen LogP contribution is 2.65. The monoisotopic (exact) mass is 361 g/mol. The minimum Gasteiger partial charge on any atom is -0.342 e. The predicted octanol–water partition coefficient (Wildman–Crippen LogP) is 3.78. The Bertz CT molecular complexity index is 592. The molecule has 21 heavy (non-hydrogen) atoms. The SMILES string of the molecule is O=C(CCc1ccc(Br)cc1F)N1CCC2(C1)CC2(F)F. The van der Waals surface area contributed by atoms with Crippen LogP contribution in [0.5, 0.6) is 0 Å². The van der Waals surface area contributed by atoms with Crippen molar-refractivity contribution < 1.29 is 18.0 Å². The maximum absolute atomic E-state index is 13.7. The van der Waals surface area contributed by atoms with E-state index in [2.05, 4.69) is 15.9 Å². The molecule has 2 nitrogen and oxygen atoms in total. The van der Waals surface area contributed by atoms with Crippen molar-refractivity contribution in [1.29, 1.82) is 0 Å². The summed E-state index contributed by atoms with van der Waals surface area (Å²) < 4.78 is 40.9. The van der Waals surface area contributed by atoms with Gasteiger partial charge in [-0.25, -0.2) is 13.2 Å². The molecule has 1 atom stereocenters. The molecule has 0 radical (unpaired) electrons. The number of benzene rings is 1. The summed E-state index contributed by atoms with van der Waals surface area (Å²) in [5.74, 6) is -3.14. The number of likely N-dealkylation sites (tertiary alicyclic amines) is 1. The third kappa shape index (κ3) is 2.70. The first kappa shape index (κ1) is 14.9. The number of hydrogen-bond acceptors (Lipinski definition) is 1. The normalized spacial score (nSPS) is 26.4. The maximum atomic E-state index is 13.7. The van der Waals surface area contributed by atoms with Gasteiger partial charge in [-0.1, -0.05) is 22.0 Å². The van der Waals surface area contributed by atoms with Crippen LogP contribution in [0.2, 0.25) is 0 Å². The molecule has 1 amide bonds. The average molecular weight is 362 g/mol. The summed E-state index contributed by atoms with van der Waals surface area (Å²) in [6.45, 7) is 0.527. The molecule has 3 rings (SSSR count). The second kappa shape index (κ2) is 5.00. The molecule has 2 fully saturated rings. The van der Waals surface area contributed by atoms with Gasteiger partial charge in [-0.05, 0) is 30.5 Å². The summed E-state index contributed by atoms with van der Waals surface area (Å²) in [7, 11) is 0. The summed E-state index contributed by atoms with van der Waals surface area (Å²) in [6.07, 6.45) is 0.710. The lowest BCUT2D eigenvalue weighted by atomic mass is 10.1. The Morgan fingerprint density at radius 1 is 1.38 bits per heavy atom. The molecule has 0 aromatic heterocycles. The van der Waals surface area contributed by atoms with E-state index in [0.29, 0.717) is 23.0 Å². The van der Waals surface area contributed by atoms with Crippen LogP contribution in [0, 0.1) is 11.2 Å². The van der Waals surface area contributed by atoms with E-state index >= 15 is 0 Å². The predicted molar refractivity (Wildman–Crippen MR) is 75.6 cm³/mol. The highest BCUT2D eigenvalue weighted by atomic mass is 79.9. The smallest absolute Gasteiger partial charge is 0.256 e. The van der Waals surface area contributed by atoms with Gasteiger partial charge in [0.05, 0.1) is 5.41 Å². The molecule has 0 N–H and O–H groups in total. The average Bonchev–Trinajstić information content (AvgIpc) is 2.75. The number of nitrogens with zero attached hydrogens (tertiary/aromatic N) is 1. The van der Waals surface area contributed by atoms with Gasteiger partial charge in [-0.2, -0.15) is 0 Å². The van der Waals surface area contributed by atoms with E-state index in [9.17, 15) is 18.0 Å². The molecule has 2 aliphatic rings. The van der Waals surface area contributed by atoms with Gasteiger partial charge in [0.1, 0.15) is 5.82 Å². The Balaban J connectivity index is 1.56. The van der Waals surface area contributed by atoms with E-state index < -0.39 is 11.3 Å². The van der Waals surface area contributed by atoms with Crippen LogP contribution in [0.3, 0.4) is 0 Å². The highest BCUT2D eigenvalue weighted by molar-refractivity contribution is 9.10. The van der Waals surface area contributed by atoms with Gasteiger partial charge in [0.2, 0.25) is 5.91 Å². The van der Waals surface area contributed by atoms with Crippen LogP contribution in [-0.4, -0.2) is 29.8 Å². The van der Waals surface area contributed by atoms with E-state index in [1.165, 1.54) is 11.0 Å². The van der Waals surface area contributed by atoms with Crippen molar-refractivity contribution in [3.8, 4) is 0 Å². The van der Waals surface area contributed by atoms with Gasteiger partial charge >= 0.3 is 0 Å². The molecule has 1 aliphatic carbocycles. The highest BCUT2D eigenvalue weighted by Gasteiger charge is 2.72. The van der Waals surface area contributed by atoms with Crippen molar-refractivity contribution in [1.82, 2.24) is 4.90 Å². The number of rotatable bonds is 3. The van der Waals surface area contributed by atoms with Gasteiger partial charge in [0.25, 0.3) is 5.92 Å². The van der Waals surface area contributed by atoms with E-state index in [1.54, 1.807) is 12.1 Å². The Labute approximate surface area is 129 Å². The van der Waals surface area contributed by atoms with Crippen molar-refractivity contribution in [3.63, 3.8) is 0 Å². The van der Waals surface area contributed by atoms with Crippen LogP contribution in [0.15, 0.2) is 22.7 Å². The zero-order valence-corrected chi connectivity index (χ0v) is 12.9. The Kier molecular flexibility index (Phi) is 3.55. The molecule has 1 unspecified atom stereocenters. The molecule has 114 valence electrons. The van der Waals surface area contributed by atoms with Crippen molar-refractivity contribution >= 4 is 21.8 Å². The number of halogens is 4. The second-order valence-corrected chi connectivity index (χ2v) is 6.88. The lowest BCUT2D eigenvalue weighted by molar-refractivity contribution is -0.130. The molecule has 1 saturated heterocycles. The molecule has 1 aromatic carbocycles. The number of aryl methyl sites for hydroxylation is 1. The minimum atomic E-state index is -2.61. The number of hydrogen-bond donors (Lipinski definition) is 0. The zero-order chi connectivity index (χ0) is 15.3. The lowest BCUT2D eigenvalue weighted by Crippen LogP contribution is -2.30. The molecule has 6 heteroatoms. The largest absolute Gasteiger partial charge is 0.342 e. The van der Waals surface area contributed by atoms with E-state index in [0.717, 1.165) is 0 Å². The fourth-order valence-electron chi connectivity index (χ4n) is 3.03. The standard InChI is InChI=1S/C15H15BrF3NO/c16-11-3-1-10(12(17)7-11)2-4-13(21)20-6-5-14(9-20)8-15(14,18)19/h1,3,7H,2,4-6,8-9H2. The zero-order valence-electron chi connectivity index (χ0n) is 11.3. The molecule has 1 heterocycles. The quantitative estimate of drug-likeness (QED) is 0.802. The van der Waals surface area contributed by atoms with Crippen LogP contribution in [0.1, 0.15) is 24.8 Å². The third-order valence-corrected chi connectivity index (χ3v) is 5.03. The molecular formula is C15H15BrF3NO. The molecule has 0 bridgehead atoms. The molecule has 1 spiro atoms. The van der Waals surface area contributed by atoms with E-state index in [-0.39, 0.29) is 37.5 Å². The van der Waals surface area contributed by atoms with Crippen LogP contribution in [0.4, 0.5) is 13.2 Å². The first-order valence-electron chi connectivity index (χ1n) is 6.93. The Hall–Kier alpha value is -1.04. The number of carbonyl (C=O) groups is 1. The maximum Gasteiger partial charge on any atom is 0.256 e. The summed E-state index contributed by atoms with van der Waals surface area (Å²) in [5, 5.41) is 0.